The zero-order valence-corrected chi connectivity index (χ0v) is 10.8. The number of nitrogens with zero attached hydrogens (tertiary/aromatic N) is 2. The van der Waals surface area contributed by atoms with E-state index in [1.165, 1.54) is 25.0 Å². The fourth-order valence-corrected chi connectivity index (χ4v) is 3.00. The Hall–Kier alpha value is -1.45. The first-order valence-electron chi connectivity index (χ1n) is 7.02. The molecule has 2 heterocycles. The van der Waals surface area contributed by atoms with Crippen LogP contribution in [0.1, 0.15) is 37.8 Å². The summed E-state index contributed by atoms with van der Waals surface area (Å²) in [5.41, 5.74) is 1.24. The van der Waals surface area contributed by atoms with E-state index in [-0.39, 0.29) is 6.03 Å². The highest BCUT2D eigenvalue weighted by atomic mass is 16.2. The number of rotatable bonds is 1. The topological polar surface area (TPSA) is 37.3 Å². The van der Waals surface area contributed by atoms with E-state index < -0.39 is 0 Å². The molecule has 1 aliphatic heterocycles. The van der Waals surface area contributed by atoms with E-state index in [0.29, 0.717) is 6.04 Å². The first-order chi connectivity index (χ1) is 8.83. The van der Waals surface area contributed by atoms with Crippen LogP contribution in [0, 0.1) is 0 Å². The van der Waals surface area contributed by atoms with Crippen molar-refractivity contribution in [1.29, 1.82) is 0 Å². The van der Waals surface area contributed by atoms with Crippen LogP contribution in [0.15, 0.2) is 18.3 Å². The summed E-state index contributed by atoms with van der Waals surface area (Å²) >= 11 is 0. The number of amides is 2. The Kier molecular flexibility index (Phi) is 3.26. The van der Waals surface area contributed by atoms with E-state index in [9.17, 15) is 4.79 Å². The molecule has 3 rings (SSSR count). The van der Waals surface area contributed by atoms with Gasteiger partial charge in [-0.05, 0) is 25.0 Å². The molecule has 2 aliphatic rings. The van der Waals surface area contributed by atoms with Crippen molar-refractivity contribution < 1.29 is 4.79 Å². The van der Waals surface area contributed by atoms with Crippen LogP contribution in [-0.2, 0) is 13.1 Å². The molecule has 1 aromatic rings. The van der Waals surface area contributed by atoms with Gasteiger partial charge in [-0.15, -0.1) is 0 Å². The molecule has 0 aromatic carbocycles. The smallest absolute Gasteiger partial charge is 0.318 e. The average Bonchev–Trinajstić information content (AvgIpc) is 2.87. The highest BCUT2D eigenvalue weighted by Crippen LogP contribution is 2.18. The van der Waals surface area contributed by atoms with E-state index in [1.54, 1.807) is 0 Å². The van der Waals surface area contributed by atoms with E-state index >= 15 is 0 Å². The third-order valence-corrected chi connectivity index (χ3v) is 4.11. The first kappa shape index (κ1) is 11.6. The lowest BCUT2D eigenvalue weighted by molar-refractivity contribution is 0.176. The van der Waals surface area contributed by atoms with Gasteiger partial charge in [-0.1, -0.05) is 19.3 Å². The Bertz CT molecular complexity index is 420. The van der Waals surface area contributed by atoms with Crippen molar-refractivity contribution in [3.8, 4) is 0 Å². The molecule has 1 N–H and O–H groups in total. The van der Waals surface area contributed by atoms with Crippen LogP contribution in [-0.4, -0.2) is 28.1 Å². The van der Waals surface area contributed by atoms with Crippen molar-refractivity contribution in [3.05, 3.63) is 24.0 Å². The van der Waals surface area contributed by atoms with Crippen LogP contribution in [0.3, 0.4) is 0 Å². The van der Waals surface area contributed by atoms with E-state index in [4.69, 9.17) is 0 Å². The lowest BCUT2D eigenvalue weighted by Gasteiger charge is -2.31. The van der Waals surface area contributed by atoms with Gasteiger partial charge in [0.1, 0.15) is 0 Å². The molecular weight excluding hydrogens is 226 g/mol. The van der Waals surface area contributed by atoms with Gasteiger partial charge in [0.2, 0.25) is 0 Å². The Morgan fingerprint density at radius 3 is 2.89 bits per heavy atom. The predicted molar refractivity (Wildman–Crippen MR) is 70.2 cm³/mol. The van der Waals surface area contributed by atoms with Crippen LogP contribution in [0.5, 0.6) is 0 Å². The minimum Gasteiger partial charge on any atom is -0.348 e. The highest BCUT2D eigenvalue weighted by molar-refractivity contribution is 5.74. The fourth-order valence-electron chi connectivity index (χ4n) is 3.00. The summed E-state index contributed by atoms with van der Waals surface area (Å²) in [6.07, 6.45) is 8.23. The van der Waals surface area contributed by atoms with Gasteiger partial charge in [0.15, 0.2) is 0 Å². The summed E-state index contributed by atoms with van der Waals surface area (Å²) in [4.78, 5) is 14.1. The van der Waals surface area contributed by atoms with Gasteiger partial charge in [-0.3, -0.25) is 0 Å². The zero-order chi connectivity index (χ0) is 12.4. The van der Waals surface area contributed by atoms with Crippen LogP contribution in [0.25, 0.3) is 0 Å². The highest BCUT2D eigenvalue weighted by Gasteiger charge is 2.23. The number of aromatic nitrogens is 1. The van der Waals surface area contributed by atoms with Gasteiger partial charge in [0.25, 0.3) is 0 Å². The molecule has 1 aliphatic carbocycles. The number of hydrogen-bond acceptors (Lipinski definition) is 1. The number of carbonyl (C=O) groups excluding carboxylic acids is 1. The summed E-state index contributed by atoms with van der Waals surface area (Å²) in [6, 6.07) is 4.67. The molecule has 0 unspecified atom stereocenters. The van der Waals surface area contributed by atoms with Crippen molar-refractivity contribution in [2.75, 3.05) is 6.54 Å². The molecule has 1 fully saturated rings. The third kappa shape index (κ3) is 2.37. The number of urea groups is 1. The normalized spacial score (nSPS) is 20.6. The molecule has 0 spiro atoms. The maximum Gasteiger partial charge on any atom is 0.318 e. The van der Waals surface area contributed by atoms with Crippen molar-refractivity contribution >= 4 is 6.03 Å². The van der Waals surface area contributed by atoms with Gasteiger partial charge in [0, 0.05) is 31.0 Å². The van der Waals surface area contributed by atoms with Crippen LogP contribution in [0.2, 0.25) is 0 Å². The van der Waals surface area contributed by atoms with Gasteiger partial charge in [-0.2, -0.15) is 0 Å². The summed E-state index contributed by atoms with van der Waals surface area (Å²) in [5, 5.41) is 3.19. The molecule has 0 radical (unpaired) electrons. The molecule has 4 heteroatoms. The molecule has 0 bridgehead atoms. The van der Waals surface area contributed by atoms with Gasteiger partial charge in [0.05, 0.1) is 6.54 Å². The largest absolute Gasteiger partial charge is 0.348 e. The Morgan fingerprint density at radius 2 is 2.06 bits per heavy atom. The third-order valence-electron chi connectivity index (χ3n) is 4.11. The van der Waals surface area contributed by atoms with Crippen LogP contribution < -0.4 is 5.32 Å². The average molecular weight is 247 g/mol. The van der Waals surface area contributed by atoms with E-state index in [1.807, 2.05) is 4.90 Å². The van der Waals surface area contributed by atoms with Crippen LogP contribution in [0.4, 0.5) is 4.79 Å². The maximum absolute atomic E-state index is 12.2. The van der Waals surface area contributed by atoms with Crippen LogP contribution >= 0.6 is 0 Å². The van der Waals surface area contributed by atoms with Crippen molar-refractivity contribution in [3.63, 3.8) is 0 Å². The maximum atomic E-state index is 12.2. The van der Waals surface area contributed by atoms with Crippen molar-refractivity contribution in [2.45, 2.75) is 51.2 Å². The monoisotopic (exact) mass is 247 g/mol. The predicted octanol–water partition coefficient (Wildman–Crippen LogP) is 2.35. The second-order valence-electron chi connectivity index (χ2n) is 5.40. The number of hydrogen-bond donors (Lipinski definition) is 1. The van der Waals surface area contributed by atoms with E-state index in [0.717, 1.165) is 32.5 Å². The second kappa shape index (κ2) is 5.04. The molecule has 1 saturated carbocycles. The minimum absolute atomic E-state index is 0.120. The number of fused-ring (bicyclic) bond motifs is 1. The van der Waals surface area contributed by atoms with E-state index in [2.05, 4.69) is 28.2 Å². The molecule has 0 atom stereocenters. The number of carbonyl (C=O) groups is 1. The quantitative estimate of drug-likeness (QED) is 0.812. The zero-order valence-electron chi connectivity index (χ0n) is 10.8. The molecule has 0 saturated heterocycles. The Morgan fingerprint density at radius 1 is 1.22 bits per heavy atom. The van der Waals surface area contributed by atoms with Gasteiger partial charge < -0.3 is 14.8 Å². The SMILES string of the molecule is O=C(NC1CCCCC1)N1CCn2cccc2C1. The molecule has 1 aromatic heterocycles. The molecule has 2 amide bonds. The fraction of sp³-hybridized carbons (Fsp3) is 0.643. The Balaban J connectivity index is 1.57. The molecule has 98 valence electrons. The lowest BCUT2D eigenvalue weighted by Crippen LogP contribution is -2.47. The minimum atomic E-state index is 0.120. The molecule has 4 nitrogen and oxygen atoms in total. The number of nitrogens with one attached hydrogen (secondary N) is 1. The molecule has 18 heavy (non-hydrogen) atoms. The van der Waals surface area contributed by atoms with Crippen molar-refractivity contribution in [2.24, 2.45) is 0 Å². The summed E-state index contributed by atoms with van der Waals surface area (Å²) in [7, 11) is 0. The summed E-state index contributed by atoms with van der Waals surface area (Å²) in [5.74, 6) is 0. The summed E-state index contributed by atoms with van der Waals surface area (Å²) < 4.78 is 2.23. The summed E-state index contributed by atoms with van der Waals surface area (Å²) in [6.45, 7) is 2.48. The second-order valence-corrected chi connectivity index (χ2v) is 5.40. The Labute approximate surface area is 108 Å². The van der Waals surface area contributed by atoms with Crippen molar-refractivity contribution in [1.82, 2.24) is 14.8 Å². The van der Waals surface area contributed by atoms with Gasteiger partial charge in [-0.25, -0.2) is 4.79 Å². The molecular formula is C14H21N3O. The standard InChI is InChI=1S/C14H21N3O/c18-14(15-12-5-2-1-3-6-12)17-10-9-16-8-4-7-13(16)11-17/h4,7-8,12H,1-3,5-6,9-11H2,(H,15,18). The first-order valence-corrected chi connectivity index (χ1v) is 7.02. The lowest BCUT2D eigenvalue weighted by atomic mass is 9.96. The van der Waals surface area contributed by atoms with Gasteiger partial charge >= 0.3 is 6.03 Å².